The number of ether oxygens (including phenoxy) is 1. The molecule has 2 aliphatic rings. The minimum absolute atomic E-state index is 0.284. The SMILES string of the molecule is COC1CNC(c2nc3cc(Cl)ccc3n2C2CC2)C1. The average Bonchev–Trinajstić information content (AvgIpc) is 3.04. The number of halogens is 1. The lowest BCUT2D eigenvalue weighted by atomic mass is 10.2. The fourth-order valence-electron chi connectivity index (χ4n) is 3.13. The van der Waals surface area contributed by atoms with Gasteiger partial charge in [0.2, 0.25) is 0 Å². The summed E-state index contributed by atoms with van der Waals surface area (Å²) in [5, 5.41) is 4.28. The zero-order valence-corrected chi connectivity index (χ0v) is 12.2. The van der Waals surface area contributed by atoms with E-state index in [1.54, 1.807) is 7.11 Å². The number of aromatic nitrogens is 2. The number of nitrogens with one attached hydrogen (secondary N) is 1. The first-order chi connectivity index (χ1) is 9.76. The van der Waals surface area contributed by atoms with E-state index in [1.165, 1.54) is 18.4 Å². The summed E-state index contributed by atoms with van der Waals surface area (Å²) >= 11 is 6.10. The van der Waals surface area contributed by atoms with E-state index in [-0.39, 0.29) is 12.1 Å². The summed E-state index contributed by atoms with van der Waals surface area (Å²) in [5.41, 5.74) is 2.21. The summed E-state index contributed by atoms with van der Waals surface area (Å²) in [6.45, 7) is 0.899. The van der Waals surface area contributed by atoms with Crippen molar-refractivity contribution in [2.24, 2.45) is 0 Å². The Bertz CT molecular complexity index is 650. The molecule has 0 radical (unpaired) electrons. The number of benzene rings is 1. The molecule has 20 heavy (non-hydrogen) atoms. The van der Waals surface area contributed by atoms with Gasteiger partial charge in [-0.15, -0.1) is 0 Å². The van der Waals surface area contributed by atoms with Crippen molar-refractivity contribution in [1.29, 1.82) is 0 Å². The molecule has 2 aromatic rings. The maximum Gasteiger partial charge on any atom is 0.127 e. The van der Waals surface area contributed by atoms with Gasteiger partial charge in [-0.05, 0) is 37.5 Å². The molecule has 2 atom stereocenters. The van der Waals surface area contributed by atoms with Crippen LogP contribution in [0, 0.1) is 0 Å². The molecular weight excluding hydrogens is 274 g/mol. The third-order valence-corrected chi connectivity index (χ3v) is 4.56. The lowest BCUT2D eigenvalue weighted by molar-refractivity contribution is 0.117. The topological polar surface area (TPSA) is 39.1 Å². The van der Waals surface area contributed by atoms with E-state index in [0.29, 0.717) is 6.04 Å². The van der Waals surface area contributed by atoms with Gasteiger partial charge in [0.25, 0.3) is 0 Å². The van der Waals surface area contributed by atoms with Crippen LogP contribution < -0.4 is 5.32 Å². The van der Waals surface area contributed by atoms with E-state index in [1.807, 2.05) is 12.1 Å². The fourth-order valence-corrected chi connectivity index (χ4v) is 3.30. The Hall–Kier alpha value is -1.10. The van der Waals surface area contributed by atoms with E-state index in [0.717, 1.165) is 29.3 Å². The summed E-state index contributed by atoms with van der Waals surface area (Å²) in [4.78, 5) is 4.85. The molecule has 1 saturated heterocycles. The van der Waals surface area contributed by atoms with Gasteiger partial charge in [-0.25, -0.2) is 4.98 Å². The molecule has 2 heterocycles. The van der Waals surface area contributed by atoms with Gasteiger partial charge in [0.1, 0.15) is 5.82 Å². The van der Waals surface area contributed by atoms with Gasteiger partial charge in [-0.1, -0.05) is 11.6 Å². The molecule has 0 bridgehead atoms. The van der Waals surface area contributed by atoms with Crippen LogP contribution >= 0.6 is 11.6 Å². The Morgan fingerprint density at radius 1 is 1.40 bits per heavy atom. The van der Waals surface area contributed by atoms with Gasteiger partial charge in [0.15, 0.2) is 0 Å². The molecule has 106 valence electrons. The molecule has 0 amide bonds. The van der Waals surface area contributed by atoms with Crippen LogP contribution in [0.15, 0.2) is 18.2 Å². The van der Waals surface area contributed by atoms with E-state index < -0.39 is 0 Å². The average molecular weight is 292 g/mol. The molecule has 4 nitrogen and oxygen atoms in total. The number of fused-ring (bicyclic) bond motifs is 1. The van der Waals surface area contributed by atoms with Crippen molar-refractivity contribution < 1.29 is 4.74 Å². The summed E-state index contributed by atoms with van der Waals surface area (Å²) in [6.07, 6.45) is 3.78. The number of nitrogens with zero attached hydrogens (tertiary/aromatic N) is 2. The van der Waals surface area contributed by atoms with Crippen LogP contribution in [-0.2, 0) is 4.74 Å². The van der Waals surface area contributed by atoms with Gasteiger partial charge in [0.05, 0.1) is 23.2 Å². The minimum atomic E-state index is 0.284. The second-order valence-corrected chi connectivity index (χ2v) is 6.19. The summed E-state index contributed by atoms with van der Waals surface area (Å²) < 4.78 is 7.86. The van der Waals surface area contributed by atoms with E-state index in [4.69, 9.17) is 21.3 Å². The highest BCUT2D eigenvalue weighted by molar-refractivity contribution is 6.31. The van der Waals surface area contributed by atoms with Crippen LogP contribution in [0.25, 0.3) is 11.0 Å². The Morgan fingerprint density at radius 2 is 2.25 bits per heavy atom. The van der Waals surface area contributed by atoms with Crippen molar-refractivity contribution in [3.05, 3.63) is 29.0 Å². The highest BCUT2D eigenvalue weighted by atomic mass is 35.5. The van der Waals surface area contributed by atoms with E-state index >= 15 is 0 Å². The van der Waals surface area contributed by atoms with E-state index in [2.05, 4.69) is 16.0 Å². The van der Waals surface area contributed by atoms with Crippen LogP contribution in [0.4, 0.5) is 0 Å². The van der Waals surface area contributed by atoms with Crippen LogP contribution in [0.2, 0.25) is 5.02 Å². The standard InChI is InChI=1S/C15H18ClN3O/c1-20-11-7-13(17-8-11)15-18-12-6-9(16)2-5-14(12)19(15)10-3-4-10/h2,5-6,10-11,13,17H,3-4,7-8H2,1H3. The Kier molecular flexibility index (Phi) is 2.98. The Labute approximate surface area is 123 Å². The number of methoxy groups -OCH3 is 1. The molecule has 1 aromatic heterocycles. The van der Waals surface area contributed by atoms with Crippen LogP contribution in [0.3, 0.4) is 0 Å². The molecule has 1 aromatic carbocycles. The third-order valence-electron chi connectivity index (χ3n) is 4.33. The predicted molar refractivity (Wildman–Crippen MR) is 79.2 cm³/mol. The first-order valence-electron chi connectivity index (χ1n) is 7.20. The molecule has 0 spiro atoms. The molecule has 1 aliphatic carbocycles. The normalized spacial score (nSPS) is 26.5. The van der Waals surface area contributed by atoms with E-state index in [9.17, 15) is 0 Å². The smallest absolute Gasteiger partial charge is 0.127 e. The molecule has 1 saturated carbocycles. The van der Waals surface area contributed by atoms with Gasteiger partial charge >= 0.3 is 0 Å². The zero-order chi connectivity index (χ0) is 13.7. The van der Waals surface area contributed by atoms with Crippen LogP contribution in [0.1, 0.15) is 37.2 Å². The highest BCUT2D eigenvalue weighted by Gasteiger charge is 2.34. The van der Waals surface area contributed by atoms with Gasteiger partial charge < -0.3 is 14.6 Å². The fraction of sp³-hybridized carbons (Fsp3) is 0.533. The number of hydrogen-bond donors (Lipinski definition) is 1. The molecule has 2 fully saturated rings. The molecule has 5 heteroatoms. The number of hydrogen-bond acceptors (Lipinski definition) is 3. The lowest BCUT2D eigenvalue weighted by Crippen LogP contribution is -2.18. The third kappa shape index (κ3) is 2.03. The van der Waals surface area contributed by atoms with Crippen LogP contribution in [0.5, 0.6) is 0 Å². The zero-order valence-electron chi connectivity index (χ0n) is 11.5. The van der Waals surface area contributed by atoms with Gasteiger partial charge in [-0.3, -0.25) is 0 Å². The van der Waals surface area contributed by atoms with Crippen LogP contribution in [-0.4, -0.2) is 29.3 Å². The Balaban J connectivity index is 1.80. The van der Waals surface area contributed by atoms with Crippen molar-refractivity contribution in [2.45, 2.75) is 37.5 Å². The van der Waals surface area contributed by atoms with Crippen molar-refractivity contribution in [1.82, 2.24) is 14.9 Å². The van der Waals surface area contributed by atoms with Crippen molar-refractivity contribution >= 4 is 22.6 Å². The molecule has 2 unspecified atom stereocenters. The first kappa shape index (κ1) is 12.6. The highest BCUT2D eigenvalue weighted by Crippen LogP contribution is 2.41. The van der Waals surface area contributed by atoms with Crippen molar-refractivity contribution in [3.63, 3.8) is 0 Å². The predicted octanol–water partition coefficient (Wildman–Crippen LogP) is 3.07. The number of imidazole rings is 1. The number of rotatable bonds is 3. The monoisotopic (exact) mass is 291 g/mol. The summed E-state index contributed by atoms with van der Waals surface area (Å²) in [6, 6.07) is 6.90. The van der Waals surface area contributed by atoms with Gasteiger partial charge in [-0.2, -0.15) is 0 Å². The van der Waals surface area contributed by atoms with Crippen molar-refractivity contribution in [3.8, 4) is 0 Å². The molecule has 1 N–H and O–H groups in total. The molecular formula is C15H18ClN3O. The quantitative estimate of drug-likeness (QED) is 0.944. The molecule has 4 rings (SSSR count). The first-order valence-corrected chi connectivity index (χ1v) is 7.57. The molecule has 1 aliphatic heterocycles. The second kappa shape index (κ2) is 4.72. The largest absolute Gasteiger partial charge is 0.380 e. The minimum Gasteiger partial charge on any atom is -0.380 e. The lowest BCUT2D eigenvalue weighted by Gasteiger charge is -2.13. The second-order valence-electron chi connectivity index (χ2n) is 5.76. The van der Waals surface area contributed by atoms with Crippen molar-refractivity contribution in [2.75, 3.05) is 13.7 Å². The maximum atomic E-state index is 6.10. The summed E-state index contributed by atoms with van der Waals surface area (Å²) in [5.74, 6) is 1.14. The summed E-state index contributed by atoms with van der Waals surface area (Å²) in [7, 11) is 1.78. The maximum absolute atomic E-state index is 6.10. The van der Waals surface area contributed by atoms with Gasteiger partial charge in [0, 0.05) is 24.7 Å². The Morgan fingerprint density at radius 3 is 2.95 bits per heavy atom.